The van der Waals surface area contributed by atoms with E-state index in [4.69, 9.17) is 14.2 Å². The number of benzene rings is 2. The van der Waals surface area contributed by atoms with Crippen LogP contribution in [0.2, 0.25) is 0 Å². The number of nitrogens with one attached hydrogen (secondary N) is 1. The van der Waals surface area contributed by atoms with Gasteiger partial charge >= 0.3 is 12.3 Å². The Morgan fingerprint density at radius 2 is 1.96 bits per heavy atom. The molecule has 47 heavy (non-hydrogen) atoms. The number of hydrazine groups is 1. The van der Waals surface area contributed by atoms with Gasteiger partial charge in [-0.3, -0.25) is 14.7 Å². The Hall–Kier alpha value is -3.93. The molecule has 0 radical (unpaired) electrons. The first kappa shape index (κ1) is 31.7. The van der Waals surface area contributed by atoms with Crippen molar-refractivity contribution in [2.75, 3.05) is 33.7 Å². The van der Waals surface area contributed by atoms with Gasteiger partial charge in [0.25, 0.3) is 0 Å². The Balaban J connectivity index is 1.41. The molecule has 0 bridgehead atoms. The van der Waals surface area contributed by atoms with Gasteiger partial charge in [-0.2, -0.15) is 13.2 Å². The Bertz CT molecular complexity index is 1800. The normalized spacial score (nSPS) is 23.9. The maximum atomic E-state index is 15.9. The SMILES string of the molecule is COC(=O)OCOC1C(=O)C=C(c2cc(F)c(F)c3c2Cc2ccccc2-c2sc(C(F)(F)F)cc2-3)N2N[C@@H]3COCCN3C(O)C12. The first-order chi connectivity index (χ1) is 22.5. The molecule has 16 heteroatoms. The first-order valence-corrected chi connectivity index (χ1v) is 15.2. The topological polar surface area (TPSA) is 110 Å². The first-order valence-electron chi connectivity index (χ1n) is 14.4. The van der Waals surface area contributed by atoms with Crippen molar-refractivity contribution in [2.24, 2.45) is 0 Å². The summed E-state index contributed by atoms with van der Waals surface area (Å²) in [6.45, 7) is -0.00785. The Morgan fingerprint density at radius 1 is 1.17 bits per heavy atom. The monoisotopic (exact) mass is 679 g/mol. The molecule has 2 N–H and O–H groups in total. The van der Waals surface area contributed by atoms with Crippen molar-refractivity contribution in [3.8, 4) is 21.6 Å². The fourth-order valence-electron chi connectivity index (χ4n) is 6.56. The number of hydrogen-bond donors (Lipinski definition) is 2. The molecule has 1 aliphatic carbocycles. The fourth-order valence-corrected chi connectivity index (χ4v) is 7.65. The highest BCUT2D eigenvalue weighted by Crippen LogP contribution is 2.51. The van der Waals surface area contributed by atoms with Crippen molar-refractivity contribution < 1.29 is 55.6 Å². The van der Waals surface area contributed by atoms with Gasteiger partial charge in [-0.15, -0.1) is 11.3 Å². The number of alkyl halides is 3. The third kappa shape index (κ3) is 5.38. The second kappa shape index (κ2) is 11.9. The minimum absolute atomic E-state index is 0.0149. The zero-order chi connectivity index (χ0) is 33.2. The maximum absolute atomic E-state index is 15.9. The summed E-state index contributed by atoms with van der Waals surface area (Å²) in [5.41, 5.74) is 3.92. The number of morpholine rings is 1. The van der Waals surface area contributed by atoms with Crippen LogP contribution in [0.1, 0.15) is 21.6 Å². The molecule has 10 nitrogen and oxygen atoms in total. The molecule has 4 atom stereocenters. The van der Waals surface area contributed by atoms with Gasteiger partial charge < -0.3 is 24.1 Å². The number of fused-ring (bicyclic) bond motifs is 7. The van der Waals surface area contributed by atoms with Crippen molar-refractivity contribution in [1.29, 1.82) is 0 Å². The number of carbonyl (C=O) groups excluding carboxylic acids is 2. The van der Waals surface area contributed by atoms with Gasteiger partial charge in [-0.25, -0.2) is 19.0 Å². The van der Waals surface area contributed by atoms with Crippen LogP contribution >= 0.6 is 11.3 Å². The Morgan fingerprint density at radius 3 is 2.72 bits per heavy atom. The largest absolute Gasteiger partial charge is 0.510 e. The summed E-state index contributed by atoms with van der Waals surface area (Å²) in [4.78, 5) is 26.0. The number of nitrogens with zero attached hydrogens (tertiary/aromatic N) is 2. The van der Waals surface area contributed by atoms with Crippen LogP contribution in [0.5, 0.6) is 0 Å². The lowest BCUT2D eigenvalue weighted by Gasteiger charge is -2.55. The van der Waals surface area contributed by atoms with E-state index in [2.05, 4.69) is 10.2 Å². The van der Waals surface area contributed by atoms with Gasteiger partial charge in [-0.1, -0.05) is 24.3 Å². The molecule has 4 aliphatic rings. The van der Waals surface area contributed by atoms with Gasteiger partial charge in [-0.05, 0) is 35.2 Å². The molecule has 2 fully saturated rings. The summed E-state index contributed by atoms with van der Waals surface area (Å²) in [7, 11) is 1.09. The van der Waals surface area contributed by atoms with Crippen LogP contribution in [0.25, 0.3) is 27.3 Å². The predicted octanol–water partition coefficient (Wildman–Crippen LogP) is 4.50. The molecular weight excluding hydrogens is 653 g/mol. The maximum Gasteiger partial charge on any atom is 0.510 e. The molecule has 3 aromatic rings. The number of hydrogen-bond acceptors (Lipinski definition) is 11. The lowest BCUT2D eigenvalue weighted by molar-refractivity contribution is -0.214. The molecule has 0 amide bonds. The predicted molar refractivity (Wildman–Crippen MR) is 155 cm³/mol. The number of methoxy groups -OCH3 is 1. The summed E-state index contributed by atoms with van der Waals surface area (Å²) >= 11 is 0.441. The van der Waals surface area contributed by atoms with Crippen LogP contribution in [0.3, 0.4) is 0 Å². The van der Waals surface area contributed by atoms with Crippen LogP contribution in [0.15, 0.2) is 42.5 Å². The van der Waals surface area contributed by atoms with E-state index in [1.807, 2.05) is 0 Å². The smallest absolute Gasteiger partial charge is 0.438 e. The molecule has 3 aliphatic heterocycles. The van der Waals surface area contributed by atoms with E-state index in [-0.39, 0.29) is 59.0 Å². The lowest BCUT2D eigenvalue weighted by Crippen LogP contribution is -2.75. The van der Waals surface area contributed by atoms with Crippen LogP contribution in [0.4, 0.5) is 26.7 Å². The molecule has 248 valence electrons. The number of carbonyl (C=O) groups is 2. The second-order valence-corrected chi connectivity index (χ2v) is 12.3. The van der Waals surface area contributed by atoms with Gasteiger partial charge in [0, 0.05) is 34.2 Å². The molecule has 0 spiro atoms. The van der Waals surface area contributed by atoms with Crippen LogP contribution in [0, 0.1) is 11.6 Å². The highest BCUT2D eigenvalue weighted by Gasteiger charge is 2.51. The zero-order valence-corrected chi connectivity index (χ0v) is 25.3. The molecule has 1 aromatic heterocycles. The van der Waals surface area contributed by atoms with Crippen molar-refractivity contribution in [2.45, 2.75) is 37.1 Å². The van der Waals surface area contributed by atoms with Gasteiger partial charge in [0.05, 0.1) is 26.0 Å². The summed E-state index contributed by atoms with van der Waals surface area (Å²) in [5.74, 6) is -3.36. The average Bonchev–Trinajstić information content (AvgIpc) is 3.44. The number of ether oxygens (including phenoxy) is 4. The minimum atomic E-state index is -4.74. The van der Waals surface area contributed by atoms with Crippen molar-refractivity contribution >= 4 is 29.0 Å². The van der Waals surface area contributed by atoms with Crippen molar-refractivity contribution in [1.82, 2.24) is 15.3 Å². The number of halogens is 5. The van der Waals surface area contributed by atoms with Crippen molar-refractivity contribution in [3.05, 3.63) is 75.7 Å². The quantitative estimate of drug-likeness (QED) is 0.182. The summed E-state index contributed by atoms with van der Waals surface area (Å²) < 4.78 is 93.9. The molecule has 3 unspecified atom stereocenters. The van der Waals surface area contributed by atoms with E-state index in [0.717, 1.165) is 25.3 Å². The van der Waals surface area contributed by atoms with E-state index in [1.54, 1.807) is 29.2 Å². The number of aliphatic hydroxyl groups excluding tert-OH is 1. The molecule has 2 saturated heterocycles. The average molecular weight is 680 g/mol. The molecule has 4 heterocycles. The molecule has 2 aromatic carbocycles. The Kier molecular flexibility index (Phi) is 8.05. The molecule has 7 rings (SSSR count). The second-order valence-electron chi connectivity index (χ2n) is 11.2. The summed E-state index contributed by atoms with van der Waals surface area (Å²) in [6.07, 6.45) is -8.07. The highest BCUT2D eigenvalue weighted by molar-refractivity contribution is 7.16. The Labute approximate surface area is 267 Å². The standard InChI is InChI=1S/C31H26F5N3O7S/c1-43-30(42)46-13-45-27-21(40)11-20(39-26(27)29(41)38-6-7-44-12-23(38)37-39)16-9-19(32)25(33)24-17(16)8-14-4-2-3-5-15(14)28-18(24)10-22(47-28)31(34,35)36/h2-5,9-11,23,26-27,29,37,41H,6-8,12-13H2,1H3/t23-,26?,27?,29?/m0/s1. The highest BCUT2D eigenvalue weighted by atomic mass is 32.1. The third-order valence-electron chi connectivity index (χ3n) is 8.63. The number of rotatable bonds is 4. The number of ketones is 1. The van der Waals surface area contributed by atoms with Gasteiger partial charge in [0.1, 0.15) is 29.4 Å². The van der Waals surface area contributed by atoms with Crippen LogP contribution in [-0.2, 0) is 36.3 Å². The third-order valence-corrected chi connectivity index (χ3v) is 9.85. The van der Waals surface area contributed by atoms with Crippen molar-refractivity contribution in [3.63, 3.8) is 0 Å². The van der Waals surface area contributed by atoms with Gasteiger partial charge in [0.15, 0.2) is 24.2 Å². The summed E-state index contributed by atoms with van der Waals surface area (Å²) in [6, 6.07) is 7.18. The van der Waals surface area contributed by atoms with E-state index in [0.29, 0.717) is 22.5 Å². The zero-order valence-electron chi connectivity index (χ0n) is 24.5. The fraction of sp³-hybridized carbons (Fsp3) is 0.355. The van der Waals surface area contributed by atoms with Gasteiger partial charge in [0.2, 0.25) is 0 Å². The van der Waals surface area contributed by atoms with Crippen LogP contribution in [-0.4, -0.2) is 85.2 Å². The molecule has 0 saturated carbocycles. The number of thiophene rings is 1. The van der Waals surface area contributed by atoms with E-state index < -0.39 is 66.0 Å². The van der Waals surface area contributed by atoms with E-state index >= 15 is 8.78 Å². The number of aliphatic hydroxyl groups is 1. The van der Waals surface area contributed by atoms with E-state index in [9.17, 15) is 27.9 Å². The van der Waals surface area contributed by atoms with Crippen LogP contribution < -0.4 is 5.43 Å². The lowest BCUT2D eigenvalue weighted by atomic mass is 9.87. The van der Waals surface area contributed by atoms with E-state index in [1.165, 1.54) is 5.01 Å². The molecular formula is C31H26F5N3O7S. The summed E-state index contributed by atoms with van der Waals surface area (Å²) in [5, 5.41) is 13.0. The minimum Gasteiger partial charge on any atom is -0.438 e.